The third-order valence-corrected chi connectivity index (χ3v) is 1.89. The van der Waals surface area contributed by atoms with Gasteiger partial charge in [0.2, 0.25) is 5.01 Å². The molecule has 62 valence electrons. The summed E-state index contributed by atoms with van der Waals surface area (Å²) in [6.07, 6.45) is 0. The molecule has 0 spiro atoms. The molecule has 0 fully saturated rings. The van der Waals surface area contributed by atoms with E-state index in [0.29, 0.717) is 6.61 Å². The maximum Gasteiger partial charge on any atom is 0.367 e. The monoisotopic (exact) mass is 182 g/mol. The molecule has 5 heteroatoms. The predicted molar refractivity (Wildman–Crippen MR) is 42.8 cm³/mol. The van der Waals surface area contributed by atoms with Crippen LogP contribution in [0.3, 0.4) is 0 Å². The van der Waals surface area contributed by atoms with Crippen molar-refractivity contribution in [2.75, 3.05) is 6.61 Å². The summed E-state index contributed by atoms with van der Waals surface area (Å²) in [5.74, 6) is -0.469. The number of rotatable bonds is 2. The van der Waals surface area contributed by atoms with Gasteiger partial charge >= 0.3 is 5.97 Å². The first-order valence-corrected chi connectivity index (χ1v) is 4.18. The fraction of sp³-hybridized carbons (Fsp3) is 0.286. The van der Waals surface area contributed by atoms with E-state index in [-0.39, 0.29) is 10.7 Å². The van der Waals surface area contributed by atoms with Gasteiger partial charge in [0.15, 0.2) is 5.69 Å². The number of nitrogens with zero attached hydrogens (tertiary/aromatic N) is 2. The van der Waals surface area contributed by atoms with Crippen LogP contribution in [0.2, 0.25) is 0 Å². The molecule has 0 saturated heterocycles. The zero-order valence-electron chi connectivity index (χ0n) is 6.40. The van der Waals surface area contributed by atoms with Crippen LogP contribution in [0.25, 0.3) is 0 Å². The highest BCUT2D eigenvalue weighted by Gasteiger charge is 2.10. The molecule has 12 heavy (non-hydrogen) atoms. The molecule has 0 saturated carbocycles. The maximum absolute atomic E-state index is 11.0. The number of aromatic nitrogens is 1. The minimum Gasteiger partial charge on any atom is -0.461 e. The Bertz CT molecular complexity index is 326. The molecule has 1 heterocycles. The highest BCUT2D eigenvalue weighted by atomic mass is 32.1. The average molecular weight is 182 g/mol. The Balaban J connectivity index is 2.76. The van der Waals surface area contributed by atoms with Crippen molar-refractivity contribution in [1.82, 2.24) is 4.98 Å². The molecule has 1 rings (SSSR count). The van der Waals surface area contributed by atoms with Crippen molar-refractivity contribution >= 4 is 17.3 Å². The van der Waals surface area contributed by atoms with E-state index in [2.05, 4.69) is 9.72 Å². The van der Waals surface area contributed by atoms with Gasteiger partial charge in [-0.1, -0.05) is 0 Å². The lowest BCUT2D eigenvalue weighted by Crippen LogP contribution is -2.03. The van der Waals surface area contributed by atoms with Gasteiger partial charge in [-0.25, -0.2) is 9.78 Å². The van der Waals surface area contributed by atoms with Crippen molar-refractivity contribution in [3.8, 4) is 6.07 Å². The second kappa shape index (κ2) is 3.83. The summed E-state index contributed by atoms with van der Waals surface area (Å²) >= 11 is 1.11. The standard InChI is InChI=1S/C7H6N2O2S/c1-2-11-7(10)6-9-5(3-8)4-12-6/h4H,2H2,1H3. The van der Waals surface area contributed by atoms with Crippen LogP contribution >= 0.6 is 11.3 Å². The van der Waals surface area contributed by atoms with Crippen molar-refractivity contribution in [3.05, 3.63) is 16.1 Å². The van der Waals surface area contributed by atoms with Gasteiger partial charge in [0.25, 0.3) is 0 Å². The van der Waals surface area contributed by atoms with Gasteiger partial charge < -0.3 is 4.74 Å². The Morgan fingerprint density at radius 1 is 1.92 bits per heavy atom. The second-order valence-corrected chi connectivity index (χ2v) is 2.73. The van der Waals surface area contributed by atoms with Crippen LogP contribution in [0.15, 0.2) is 5.38 Å². The highest BCUT2D eigenvalue weighted by Crippen LogP contribution is 2.09. The third-order valence-electron chi connectivity index (χ3n) is 1.07. The Labute approximate surface area is 73.4 Å². The van der Waals surface area contributed by atoms with Gasteiger partial charge in [0, 0.05) is 5.38 Å². The zero-order valence-corrected chi connectivity index (χ0v) is 7.22. The summed E-state index contributed by atoms with van der Waals surface area (Å²) < 4.78 is 4.69. The second-order valence-electron chi connectivity index (χ2n) is 1.87. The number of carbonyl (C=O) groups excluding carboxylic acids is 1. The Hall–Kier alpha value is -1.41. The number of ether oxygens (including phenoxy) is 1. The van der Waals surface area contributed by atoms with E-state index in [4.69, 9.17) is 5.26 Å². The molecule has 0 aliphatic heterocycles. The van der Waals surface area contributed by atoms with E-state index < -0.39 is 5.97 Å². The van der Waals surface area contributed by atoms with Gasteiger partial charge in [0.05, 0.1) is 6.61 Å². The van der Waals surface area contributed by atoms with E-state index in [1.54, 1.807) is 6.92 Å². The number of carbonyl (C=O) groups is 1. The fourth-order valence-corrected chi connectivity index (χ4v) is 1.25. The van der Waals surface area contributed by atoms with Crippen LogP contribution < -0.4 is 0 Å². The minimum absolute atomic E-state index is 0.230. The lowest BCUT2D eigenvalue weighted by molar-refractivity contribution is 0.0526. The fourth-order valence-electron chi connectivity index (χ4n) is 0.612. The first-order valence-electron chi connectivity index (χ1n) is 3.30. The average Bonchev–Trinajstić information content (AvgIpc) is 2.52. The third kappa shape index (κ3) is 1.80. The van der Waals surface area contributed by atoms with E-state index >= 15 is 0 Å². The number of hydrogen-bond acceptors (Lipinski definition) is 5. The number of hydrogen-bond donors (Lipinski definition) is 0. The van der Waals surface area contributed by atoms with Crippen molar-refractivity contribution in [1.29, 1.82) is 5.26 Å². The minimum atomic E-state index is -0.469. The molecular weight excluding hydrogens is 176 g/mol. The summed E-state index contributed by atoms with van der Waals surface area (Å²) in [7, 11) is 0. The van der Waals surface area contributed by atoms with Crippen LogP contribution in [0.5, 0.6) is 0 Å². The molecule has 1 aromatic heterocycles. The normalized spacial score (nSPS) is 9.00. The molecule has 0 atom stereocenters. The molecule has 0 radical (unpaired) electrons. The smallest absolute Gasteiger partial charge is 0.367 e. The number of nitriles is 1. The van der Waals surface area contributed by atoms with E-state index in [1.165, 1.54) is 5.38 Å². The molecule has 0 aliphatic carbocycles. The molecule has 0 aromatic carbocycles. The van der Waals surface area contributed by atoms with E-state index in [9.17, 15) is 4.79 Å². The maximum atomic E-state index is 11.0. The van der Waals surface area contributed by atoms with Crippen LogP contribution in [0, 0.1) is 11.3 Å². The molecule has 0 aliphatic rings. The molecule has 0 unspecified atom stereocenters. The van der Waals surface area contributed by atoms with Gasteiger partial charge in [0.1, 0.15) is 6.07 Å². The van der Waals surface area contributed by atoms with E-state index in [1.807, 2.05) is 6.07 Å². The van der Waals surface area contributed by atoms with E-state index in [0.717, 1.165) is 11.3 Å². The molecule has 0 bridgehead atoms. The first-order chi connectivity index (χ1) is 5.77. The van der Waals surface area contributed by atoms with Crippen molar-refractivity contribution < 1.29 is 9.53 Å². The predicted octanol–water partition coefficient (Wildman–Crippen LogP) is 1.19. The zero-order chi connectivity index (χ0) is 8.97. The van der Waals surface area contributed by atoms with Gasteiger partial charge in [-0.15, -0.1) is 11.3 Å². The summed E-state index contributed by atoms with van der Waals surface area (Å²) in [5, 5.41) is 10.2. The lowest BCUT2D eigenvalue weighted by Gasteiger charge is -1.94. The summed E-state index contributed by atoms with van der Waals surface area (Å²) in [6.45, 7) is 2.04. The molecule has 0 amide bonds. The lowest BCUT2D eigenvalue weighted by atomic mass is 10.5. The van der Waals surface area contributed by atoms with Crippen LogP contribution in [0.1, 0.15) is 22.4 Å². The van der Waals surface area contributed by atoms with Crippen LogP contribution in [0.4, 0.5) is 0 Å². The van der Waals surface area contributed by atoms with Crippen LogP contribution in [-0.2, 0) is 4.74 Å². The summed E-state index contributed by atoms with van der Waals surface area (Å²) in [4.78, 5) is 14.7. The van der Waals surface area contributed by atoms with Gasteiger partial charge in [-0.2, -0.15) is 5.26 Å². The van der Waals surface area contributed by atoms with Crippen molar-refractivity contribution in [2.45, 2.75) is 6.92 Å². The molecule has 0 N–H and O–H groups in total. The Kier molecular flexibility index (Phi) is 2.77. The van der Waals surface area contributed by atoms with Crippen molar-refractivity contribution in [3.63, 3.8) is 0 Å². The highest BCUT2D eigenvalue weighted by molar-refractivity contribution is 7.11. The van der Waals surface area contributed by atoms with Crippen molar-refractivity contribution in [2.24, 2.45) is 0 Å². The first kappa shape index (κ1) is 8.68. The quantitative estimate of drug-likeness (QED) is 0.644. The topological polar surface area (TPSA) is 63.0 Å². The SMILES string of the molecule is CCOC(=O)c1nc(C#N)cs1. The van der Waals surface area contributed by atoms with Gasteiger partial charge in [-0.3, -0.25) is 0 Å². The van der Waals surface area contributed by atoms with Crippen LogP contribution in [-0.4, -0.2) is 17.6 Å². The van der Waals surface area contributed by atoms with Gasteiger partial charge in [-0.05, 0) is 6.92 Å². The number of esters is 1. The largest absolute Gasteiger partial charge is 0.461 e. The summed E-state index contributed by atoms with van der Waals surface area (Å²) in [6, 6.07) is 1.84. The Morgan fingerprint density at radius 2 is 2.67 bits per heavy atom. The Morgan fingerprint density at radius 3 is 3.17 bits per heavy atom. The number of thiazole rings is 1. The molecule has 4 nitrogen and oxygen atoms in total. The summed E-state index contributed by atoms with van der Waals surface area (Å²) in [5.41, 5.74) is 0.253. The molecular formula is C7H6N2O2S. The molecule has 1 aromatic rings.